The van der Waals surface area contributed by atoms with Gasteiger partial charge in [0.05, 0.1) is 12.3 Å². The molecule has 5 heteroatoms. The average molecular weight is 209 g/mol. The third-order valence-electron chi connectivity index (χ3n) is 1.89. The fraction of sp³-hybridized carbons (Fsp3) is 0.333. The minimum Gasteiger partial charge on any atom is -0.477 e. The van der Waals surface area contributed by atoms with Gasteiger partial charge in [0.2, 0.25) is 5.88 Å². The van der Waals surface area contributed by atoms with Gasteiger partial charge in [-0.15, -0.1) is 17.7 Å². The molecule has 0 fully saturated rings. The predicted octanol–water partition coefficient (Wildman–Crippen LogP) is 1.73. The third kappa shape index (κ3) is 1.43. The highest BCUT2D eigenvalue weighted by molar-refractivity contribution is 7.80. The Morgan fingerprint density at radius 1 is 1.50 bits per heavy atom. The summed E-state index contributed by atoms with van der Waals surface area (Å²) in [6.45, 7) is 4.43. The van der Waals surface area contributed by atoms with Gasteiger partial charge in [-0.2, -0.15) is 0 Å². The molecular weight excluding hydrogens is 198 g/mol. The molecule has 0 N–H and O–H groups in total. The van der Waals surface area contributed by atoms with Crippen LogP contribution in [0.4, 0.5) is 0 Å². The van der Waals surface area contributed by atoms with Crippen LogP contribution in [-0.2, 0) is 0 Å². The molecule has 0 amide bonds. The number of aryl methyl sites for hydroxylation is 1. The molecule has 2 aromatic rings. The molecule has 0 unspecified atom stereocenters. The van der Waals surface area contributed by atoms with Crippen LogP contribution in [0.15, 0.2) is 17.2 Å². The van der Waals surface area contributed by atoms with Crippen LogP contribution in [0.1, 0.15) is 12.6 Å². The van der Waals surface area contributed by atoms with Gasteiger partial charge in [-0.3, -0.25) is 0 Å². The number of thiol groups is 1. The largest absolute Gasteiger partial charge is 0.477 e. The van der Waals surface area contributed by atoms with Crippen molar-refractivity contribution in [3.8, 4) is 5.88 Å². The van der Waals surface area contributed by atoms with E-state index in [2.05, 4.69) is 22.7 Å². The van der Waals surface area contributed by atoms with E-state index in [1.165, 1.54) is 0 Å². The normalized spacial score (nSPS) is 10.8. The molecule has 4 nitrogen and oxygen atoms in total. The van der Waals surface area contributed by atoms with Crippen molar-refractivity contribution in [2.24, 2.45) is 0 Å². The lowest BCUT2D eigenvalue weighted by atomic mass is 10.5. The molecule has 14 heavy (non-hydrogen) atoms. The van der Waals surface area contributed by atoms with E-state index < -0.39 is 0 Å². The Morgan fingerprint density at radius 3 is 3.00 bits per heavy atom. The molecule has 0 saturated carbocycles. The Kier molecular flexibility index (Phi) is 2.33. The van der Waals surface area contributed by atoms with Crippen LogP contribution in [0, 0.1) is 6.92 Å². The van der Waals surface area contributed by atoms with E-state index in [-0.39, 0.29) is 0 Å². The molecule has 0 spiro atoms. The Balaban J connectivity index is 2.58. The summed E-state index contributed by atoms with van der Waals surface area (Å²) in [5, 5.41) is 4.99. The van der Waals surface area contributed by atoms with Crippen LogP contribution in [0.25, 0.3) is 5.65 Å². The van der Waals surface area contributed by atoms with Gasteiger partial charge in [-0.05, 0) is 19.9 Å². The number of aromatic nitrogens is 3. The number of hydrogen-bond donors (Lipinski definition) is 1. The maximum Gasteiger partial charge on any atom is 0.231 e. The van der Waals surface area contributed by atoms with Gasteiger partial charge in [0.1, 0.15) is 5.03 Å². The number of ether oxygens (including phenoxy) is 1. The topological polar surface area (TPSA) is 39.4 Å². The molecule has 0 aromatic carbocycles. The zero-order valence-corrected chi connectivity index (χ0v) is 8.95. The minimum absolute atomic E-state index is 0.590. The highest BCUT2D eigenvalue weighted by Crippen LogP contribution is 2.16. The Bertz CT molecular complexity index is 466. The summed E-state index contributed by atoms with van der Waals surface area (Å²) in [5.74, 6) is 0.590. The van der Waals surface area contributed by atoms with Gasteiger partial charge in [0.15, 0.2) is 5.65 Å². The second-order valence-corrected chi connectivity index (χ2v) is 3.32. The third-order valence-corrected chi connectivity index (χ3v) is 2.40. The van der Waals surface area contributed by atoms with E-state index in [0.29, 0.717) is 12.5 Å². The van der Waals surface area contributed by atoms with Gasteiger partial charge < -0.3 is 4.74 Å². The van der Waals surface area contributed by atoms with E-state index >= 15 is 0 Å². The molecule has 0 atom stereocenters. The standard InChI is InChI=1S/C9H11N3OS/c1-3-13-8-5-4-7-10-6(2)9(14)12(7)11-8/h4-5,14H,3H2,1-2H3. The second-order valence-electron chi connectivity index (χ2n) is 2.90. The quantitative estimate of drug-likeness (QED) is 0.765. The maximum absolute atomic E-state index is 5.28. The Labute approximate surface area is 87.3 Å². The lowest BCUT2D eigenvalue weighted by Gasteiger charge is -2.01. The minimum atomic E-state index is 0.590. The highest BCUT2D eigenvalue weighted by atomic mass is 32.1. The molecule has 0 aliphatic rings. The number of imidazole rings is 1. The van der Waals surface area contributed by atoms with Crippen LogP contribution < -0.4 is 4.74 Å². The van der Waals surface area contributed by atoms with Gasteiger partial charge in [-0.25, -0.2) is 9.50 Å². The van der Waals surface area contributed by atoms with Crippen molar-refractivity contribution >= 4 is 18.3 Å². The molecular formula is C9H11N3OS. The van der Waals surface area contributed by atoms with Crippen molar-refractivity contribution in [3.05, 3.63) is 17.8 Å². The first-order valence-corrected chi connectivity index (χ1v) is 4.85. The molecule has 0 aliphatic heterocycles. The average Bonchev–Trinajstić information content (AvgIpc) is 2.45. The van der Waals surface area contributed by atoms with E-state index in [0.717, 1.165) is 16.4 Å². The van der Waals surface area contributed by atoms with Crippen LogP contribution in [-0.4, -0.2) is 21.2 Å². The SMILES string of the molecule is CCOc1ccc2nc(C)c(S)n2n1. The molecule has 2 aromatic heterocycles. The van der Waals surface area contributed by atoms with E-state index in [4.69, 9.17) is 4.74 Å². The zero-order chi connectivity index (χ0) is 10.1. The summed E-state index contributed by atoms with van der Waals surface area (Å²) in [7, 11) is 0. The van der Waals surface area contributed by atoms with Gasteiger partial charge in [0.25, 0.3) is 0 Å². The lowest BCUT2D eigenvalue weighted by molar-refractivity contribution is 0.320. The monoisotopic (exact) mass is 209 g/mol. The van der Waals surface area contributed by atoms with Crippen molar-refractivity contribution in [2.75, 3.05) is 6.61 Å². The van der Waals surface area contributed by atoms with Crippen molar-refractivity contribution in [3.63, 3.8) is 0 Å². The number of hydrogen-bond acceptors (Lipinski definition) is 4. The first-order chi connectivity index (χ1) is 6.72. The van der Waals surface area contributed by atoms with Crippen molar-refractivity contribution in [2.45, 2.75) is 18.9 Å². The molecule has 74 valence electrons. The molecule has 0 saturated heterocycles. The van der Waals surface area contributed by atoms with E-state index in [1.807, 2.05) is 19.9 Å². The second kappa shape index (κ2) is 3.49. The Hall–Kier alpha value is -1.23. The summed E-state index contributed by atoms with van der Waals surface area (Å²) in [5.41, 5.74) is 1.66. The Morgan fingerprint density at radius 2 is 2.29 bits per heavy atom. The maximum atomic E-state index is 5.28. The summed E-state index contributed by atoms with van der Waals surface area (Å²) in [6, 6.07) is 3.67. The summed E-state index contributed by atoms with van der Waals surface area (Å²) < 4.78 is 6.95. The first kappa shape index (κ1) is 9.33. The van der Waals surface area contributed by atoms with Crippen LogP contribution in [0.2, 0.25) is 0 Å². The number of rotatable bonds is 2. The summed E-state index contributed by atoms with van der Waals surface area (Å²) >= 11 is 4.31. The molecule has 0 bridgehead atoms. The number of fused-ring (bicyclic) bond motifs is 1. The van der Waals surface area contributed by atoms with Gasteiger partial charge in [0, 0.05) is 6.07 Å². The van der Waals surface area contributed by atoms with E-state index in [9.17, 15) is 0 Å². The fourth-order valence-corrected chi connectivity index (χ4v) is 1.44. The van der Waals surface area contributed by atoms with Crippen molar-refractivity contribution < 1.29 is 4.74 Å². The lowest BCUT2D eigenvalue weighted by Crippen LogP contribution is -1.99. The van der Waals surface area contributed by atoms with Crippen molar-refractivity contribution in [1.29, 1.82) is 0 Å². The van der Waals surface area contributed by atoms with Gasteiger partial charge in [-0.1, -0.05) is 0 Å². The van der Waals surface area contributed by atoms with Crippen LogP contribution in [0.5, 0.6) is 5.88 Å². The summed E-state index contributed by atoms with van der Waals surface area (Å²) in [4.78, 5) is 4.28. The van der Waals surface area contributed by atoms with Gasteiger partial charge >= 0.3 is 0 Å². The molecule has 0 aliphatic carbocycles. The highest BCUT2D eigenvalue weighted by Gasteiger charge is 2.06. The first-order valence-electron chi connectivity index (χ1n) is 4.40. The zero-order valence-electron chi connectivity index (χ0n) is 8.06. The predicted molar refractivity (Wildman–Crippen MR) is 56.1 cm³/mol. The van der Waals surface area contributed by atoms with Crippen LogP contribution >= 0.6 is 12.6 Å². The smallest absolute Gasteiger partial charge is 0.231 e. The molecule has 2 heterocycles. The van der Waals surface area contributed by atoms with Crippen LogP contribution in [0.3, 0.4) is 0 Å². The molecule has 0 radical (unpaired) electrons. The fourth-order valence-electron chi connectivity index (χ4n) is 1.24. The summed E-state index contributed by atoms with van der Waals surface area (Å²) in [6.07, 6.45) is 0. The van der Waals surface area contributed by atoms with Crippen molar-refractivity contribution in [1.82, 2.24) is 14.6 Å². The van der Waals surface area contributed by atoms with E-state index in [1.54, 1.807) is 10.6 Å². The molecule has 2 rings (SSSR count). The number of nitrogens with zero attached hydrogens (tertiary/aromatic N) is 3.